The fourth-order valence-corrected chi connectivity index (χ4v) is 5.28. The number of piperidine rings is 1. The molecule has 0 aromatic heterocycles. The predicted octanol–water partition coefficient (Wildman–Crippen LogP) is 3.95. The second-order valence-electron chi connectivity index (χ2n) is 5.07. The van der Waals surface area contributed by atoms with E-state index in [0.29, 0.717) is 10.0 Å². The van der Waals surface area contributed by atoms with Crippen molar-refractivity contribution in [1.29, 1.82) is 0 Å². The van der Waals surface area contributed by atoms with Crippen LogP contribution in [0.25, 0.3) is 0 Å². The summed E-state index contributed by atoms with van der Waals surface area (Å²) in [6, 6.07) is 4.46. The lowest BCUT2D eigenvalue weighted by atomic mass is 10.0. The van der Waals surface area contributed by atoms with Gasteiger partial charge in [-0.05, 0) is 44.9 Å². The Bertz CT molecular complexity index is 544. The van der Waals surface area contributed by atoms with Crippen molar-refractivity contribution in [1.82, 2.24) is 4.31 Å². The summed E-state index contributed by atoms with van der Waals surface area (Å²) in [5.41, 5.74) is 0. The first-order valence-corrected chi connectivity index (χ1v) is 8.51. The summed E-state index contributed by atoms with van der Waals surface area (Å²) < 4.78 is 27.0. The van der Waals surface area contributed by atoms with Crippen LogP contribution in [0.15, 0.2) is 23.1 Å². The van der Waals surface area contributed by atoms with E-state index in [1.54, 1.807) is 4.31 Å². The predicted molar refractivity (Wildman–Crippen MR) is 78.3 cm³/mol. The van der Waals surface area contributed by atoms with E-state index in [1.807, 2.05) is 13.8 Å². The molecule has 19 heavy (non-hydrogen) atoms. The first-order chi connectivity index (χ1) is 8.82. The Balaban J connectivity index is 2.46. The van der Waals surface area contributed by atoms with Gasteiger partial charge < -0.3 is 0 Å². The summed E-state index contributed by atoms with van der Waals surface area (Å²) in [4.78, 5) is 0.172. The average molecular weight is 322 g/mol. The van der Waals surface area contributed by atoms with Gasteiger partial charge >= 0.3 is 0 Å². The topological polar surface area (TPSA) is 37.4 Å². The highest BCUT2D eigenvalue weighted by Crippen LogP contribution is 2.31. The number of hydrogen-bond acceptors (Lipinski definition) is 2. The van der Waals surface area contributed by atoms with E-state index in [9.17, 15) is 8.42 Å². The van der Waals surface area contributed by atoms with Crippen LogP contribution in [0.2, 0.25) is 10.0 Å². The zero-order valence-corrected chi connectivity index (χ0v) is 13.3. The molecule has 0 bridgehead atoms. The van der Waals surface area contributed by atoms with Crippen molar-refractivity contribution in [2.75, 3.05) is 0 Å². The quantitative estimate of drug-likeness (QED) is 0.827. The van der Waals surface area contributed by atoms with Crippen molar-refractivity contribution < 1.29 is 8.42 Å². The molecular formula is C13H17Cl2NO2S. The minimum atomic E-state index is -3.54. The molecule has 1 aromatic carbocycles. The fraction of sp³-hybridized carbons (Fsp3) is 0.538. The van der Waals surface area contributed by atoms with Gasteiger partial charge in [0.05, 0.1) is 4.90 Å². The Hall–Kier alpha value is -0.290. The summed E-state index contributed by atoms with van der Waals surface area (Å²) in [6.07, 6.45) is 2.83. The Labute approximate surface area is 124 Å². The highest BCUT2D eigenvalue weighted by atomic mass is 35.5. The average Bonchev–Trinajstić information content (AvgIpc) is 2.26. The largest absolute Gasteiger partial charge is 0.243 e. The van der Waals surface area contributed by atoms with Crippen LogP contribution >= 0.6 is 23.2 Å². The van der Waals surface area contributed by atoms with Crippen molar-refractivity contribution in [3.05, 3.63) is 28.2 Å². The first kappa shape index (κ1) is 15.1. The molecule has 1 aliphatic rings. The maximum atomic E-state index is 12.7. The van der Waals surface area contributed by atoms with Gasteiger partial charge in [0.1, 0.15) is 0 Å². The molecule has 1 fully saturated rings. The van der Waals surface area contributed by atoms with Gasteiger partial charge in [-0.1, -0.05) is 29.6 Å². The Kier molecular flexibility index (Phi) is 4.45. The number of benzene rings is 1. The molecule has 2 unspecified atom stereocenters. The number of sulfonamides is 1. The van der Waals surface area contributed by atoms with E-state index in [0.717, 1.165) is 19.3 Å². The summed E-state index contributed by atoms with van der Waals surface area (Å²) in [7, 11) is -3.54. The molecule has 1 aliphatic heterocycles. The molecule has 6 heteroatoms. The van der Waals surface area contributed by atoms with Crippen LogP contribution in [0.3, 0.4) is 0 Å². The molecule has 1 heterocycles. The minimum Gasteiger partial charge on any atom is -0.207 e. The van der Waals surface area contributed by atoms with E-state index in [2.05, 4.69) is 0 Å². The van der Waals surface area contributed by atoms with Crippen molar-refractivity contribution in [2.45, 2.75) is 50.1 Å². The Morgan fingerprint density at radius 1 is 1.05 bits per heavy atom. The molecule has 2 atom stereocenters. The molecular weight excluding hydrogens is 305 g/mol. The molecule has 0 spiro atoms. The maximum Gasteiger partial charge on any atom is 0.243 e. The molecule has 0 aliphatic carbocycles. The molecule has 0 radical (unpaired) electrons. The highest BCUT2D eigenvalue weighted by Gasteiger charge is 2.35. The van der Waals surface area contributed by atoms with Crippen molar-refractivity contribution in [3.8, 4) is 0 Å². The molecule has 3 nitrogen and oxygen atoms in total. The summed E-state index contributed by atoms with van der Waals surface area (Å²) in [5, 5.41) is 0.673. The number of rotatable bonds is 2. The van der Waals surface area contributed by atoms with Crippen LogP contribution in [0.1, 0.15) is 33.1 Å². The second-order valence-corrected chi connectivity index (χ2v) is 7.79. The van der Waals surface area contributed by atoms with Gasteiger partial charge in [-0.25, -0.2) is 8.42 Å². The van der Waals surface area contributed by atoms with Crippen molar-refractivity contribution in [3.63, 3.8) is 0 Å². The van der Waals surface area contributed by atoms with Crippen LogP contribution in [0.5, 0.6) is 0 Å². The zero-order chi connectivity index (χ0) is 14.2. The summed E-state index contributed by atoms with van der Waals surface area (Å²) >= 11 is 11.8. The monoisotopic (exact) mass is 321 g/mol. The third-order valence-electron chi connectivity index (χ3n) is 3.52. The molecule has 0 N–H and O–H groups in total. The molecule has 106 valence electrons. The molecule has 1 saturated heterocycles. The van der Waals surface area contributed by atoms with Gasteiger partial charge in [0.15, 0.2) is 0 Å². The molecule has 0 amide bonds. The highest BCUT2D eigenvalue weighted by molar-refractivity contribution is 7.89. The molecule has 0 saturated carbocycles. The molecule has 2 rings (SSSR count). The maximum absolute atomic E-state index is 12.7. The van der Waals surface area contributed by atoms with Gasteiger partial charge in [0, 0.05) is 22.1 Å². The van der Waals surface area contributed by atoms with Gasteiger partial charge in [-0.3, -0.25) is 0 Å². The lowest BCUT2D eigenvalue weighted by Gasteiger charge is -2.37. The van der Waals surface area contributed by atoms with Crippen molar-refractivity contribution >= 4 is 33.2 Å². The number of halogens is 2. The van der Waals surface area contributed by atoms with E-state index in [1.165, 1.54) is 18.2 Å². The summed E-state index contributed by atoms with van der Waals surface area (Å²) in [5.74, 6) is 0. The SMILES string of the molecule is CC1CCCC(C)N1S(=O)(=O)c1cc(Cl)cc(Cl)c1. The van der Waals surface area contributed by atoms with E-state index >= 15 is 0 Å². The minimum absolute atomic E-state index is 0.00603. The van der Waals surface area contributed by atoms with Crippen LogP contribution in [-0.2, 0) is 10.0 Å². The van der Waals surface area contributed by atoms with Crippen LogP contribution in [0.4, 0.5) is 0 Å². The summed E-state index contributed by atoms with van der Waals surface area (Å²) in [6.45, 7) is 3.89. The first-order valence-electron chi connectivity index (χ1n) is 6.32. The number of hydrogen-bond donors (Lipinski definition) is 0. The molecule has 1 aromatic rings. The lowest BCUT2D eigenvalue weighted by Crippen LogP contribution is -2.47. The lowest BCUT2D eigenvalue weighted by molar-refractivity contribution is 0.204. The third-order valence-corrected chi connectivity index (χ3v) is 6.07. The normalized spacial score (nSPS) is 25.5. The van der Waals surface area contributed by atoms with E-state index < -0.39 is 10.0 Å². The fourth-order valence-electron chi connectivity index (χ4n) is 2.67. The zero-order valence-electron chi connectivity index (χ0n) is 10.9. The Morgan fingerprint density at radius 2 is 1.53 bits per heavy atom. The smallest absolute Gasteiger partial charge is 0.207 e. The van der Waals surface area contributed by atoms with Gasteiger partial charge in [0.25, 0.3) is 0 Å². The van der Waals surface area contributed by atoms with Crippen LogP contribution < -0.4 is 0 Å². The van der Waals surface area contributed by atoms with Gasteiger partial charge in [0.2, 0.25) is 10.0 Å². The van der Waals surface area contributed by atoms with Crippen LogP contribution in [0, 0.1) is 0 Å². The second kappa shape index (κ2) is 5.60. The van der Waals surface area contributed by atoms with Crippen molar-refractivity contribution in [2.24, 2.45) is 0 Å². The third kappa shape index (κ3) is 3.07. The van der Waals surface area contributed by atoms with Gasteiger partial charge in [-0.15, -0.1) is 0 Å². The van der Waals surface area contributed by atoms with Gasteiger partial charge in [-0.2, -0.15) is 4.31 Å². The Morgan fingerprint density at radius 3 is 2.00 bits per heavy atom. The van der Waals surface area contributed by atoms with E-state index in [4.69, 9.17) is 23.2 Å². The standard InChI is InChI=1S/C13H17Cl2NO2S/c1-9-4-3-5-10(2)16(9)19(17,18)13-7-11(14)6-12(15)8-13/h6-10H,3-5H2,1-2H3. The van der Waals surface area contributed by atoms with Crippen LogP contribution in [-0.4, -0.2) is 24.8 Å². The number of nitrogens with zero attached hydrogens (tertiary/aromatic N) is 1. The van der Waals surface area contributed by atoms with E-state index in [-0.39, 0.29) is 17.0 Å².